The molecule has 1 unspecified atom stereocenters. The molecule has 6 aromatic rings. The number of amides is 1. The van der Waals surface area contributed by atoms with Crippen LogP contribution in [0.3, 0.4) is 0 Å². The molecule has 1 aliphatic rings. The van der Waals surface area contributed by atoms with Crippen LogP contribution in [-0.4, -0.2) is 56.4 Å². The Morgan fingerprint density at radius 2 is 1.76 bits per heavy atom. The van der Waals surface area contributed by atoms with Crippen molar-refractivity contribution >= 4 is 27.7 Å². The number of fused-ring (bicyclic) bond motifs is 2. The second kappa shape index (κ2) is 12.8. The number of hydrogen-bond acceptors (Lipinski definition) is 6. The Hall–Kier alpha value is -4.93. The van der Waals surface area contributed by atoms with Crippen molar-refractivity contribution in [1.82, 2.24) is 35.4 Å². The van der Waals surface area contributed by atoms with Crippen LogP contribution in [0.2, 0.25) is 0 Å². The van der Waals surface area contributed by atoms with Crippen molar-refractivity contribution in [2.24, 2.45) is 5.73 Å². The average molecular weight is 617 g/mol. The Labute approximate surface area is 267 Å². The molecule has 1 amide bonds. The summed E-state index contributed by atoms with van der Waals surface area (Å²) >= 11 is 0. The van der Waals surface area contributed by atoms with Gasteiger partial charge in [-0.05, 0) is 79.2 Å². The van der Waals surface area contributed by atoms with Crippen molar-refractivity contribution in [1.29, 1.82) is 0 Å². The zero-order valence-electron chi connectivity index (χ0n) is 26.1. The van der Waals surface area contributed by atoms with Gasteiger partial charge in [-0.1, -0.05) is 48.5 Å². The lowest BCUT2D eigenvalue weighted by molar-refractivity contribution is -0.128. The normalized spacial score (nSPS) is 15.3. The van der Waals surface area contributed by atoms with E-state index in [0.717, 1.165) is 51.2 Å². The molecule has 46 heavy (non-hydrogen) atoms. The molecular formula is C36H40N8O2. The summed E-state index contributed by atoms with van der Waals surface area (Å²) in [5.74, 6) is 2.20. The first-order valence-corrected chi connectivity index (χ1v) is 16.0. The van der Waals surface area contributed by atoms with Gasteiger partial charge in [0.15, 0.2) is 5.82 Å². The van der Waals surface area contributed by atoms with Gasteiger partial charge in [0.1, 0.15) is 11.6 Å². The maximum atomic E-state index is 13.9. The molecule has 10 heteroatoms. The van der Waals surface area contributed by atoms with Crippen LogP contribution in [0.5, 0.6) is 5.75 Å². The van der Waals surface area contributed by atoms with Gasteiger partial charge in [-0.15, -0.1) is 10.2 Å². The summed E-state index contributed by atoms with van der Waals surface area (Å²) in [5.41, 5.74) is 11.3. The van der Waals surface area contributed by atoms with Gasteiger partial charge in [-0.3, -0.25) is 4.79 Å². The van der Waals surface area contributed by atoms with Gasteiger partial charge in [-0.2, -0.15) is 0 Å². The van der Waals surface area contributed by atoms with E-state index < -0.39 is 11.6 Å². The standard InChI is InChI=1S/C36H40N8O2/c1-46-28-13-10-24(11-14-28)23-44-33(15-12-27-20-25-6-2-4-8-30(25)40-27)42-43-34(44)32(41-35(45)36(37)16-18-38-19-17-36)21-26-22-39-31-9-5-3-7-29(26)31/h2-11,13-14,20,22,32,38-40H,12,15-19,21,23,37H2,1H3,(H,41,45). The molecule has 4 heterocycles. The summed E-state index contributed by atoms with van der Waals surface area (Å²) in [7, 11) is 1.67. The lowest BCUT2D eigenvalue weighted by Gasteiger charge is -2.34. The molecule has 0 bridgehead atoms. The number of para-hydroxylation sites is 2. The van der Waals surface area contributed by atoms with Crippen LogP contribution in [0, 0.1) is 0 Å². The van der Waals surface area contributed by atoms with Gasteiger partial charge in [0.25, 0.3) is 0 Å². The second-order valence-corrected chi connectivity index (χ2v) is 12.3. The molecule has 6 N–H and O–H groups in total. The van der Waals surface area contributed by atoms with Crippen molar-refractivity contribution in [2.75, 3.05) is 20.2 Å². The third kappa shape index (κ3) is 6.14. The highest BCUT2D eigenvalue weighted by Gasteiger charge is 2.37. The largest absolute Gasteiger partial charge is 0.497 e. The Kier molecular flexibility index (Phi) is 8.30. The summed E-state index contributed by atoms with van der Waals surface area (Å²) in [6, 6.07) is 26.3. The van der Waals surface area contributed by atoms with Crippen molar-refractivity contribution in [3.63, 3.8) is 0 Å². The van der Waals surface area contributed by atoms with E-state index in [1.165, 1.54) is 5.39 Å². The zero-order chi connectivity index (χ0) is 31.5. The minimum absolute atomic E-state index is 0.155. The van der Waals surface area contributed by atoms with Crippen LogP contribution in [0.4, 0.5) is 0 Å². The zero-order valence-corrected chi connectivity index (χ0v) is 26.1. The fraction of sp³-hybridized carbons (Fsp3) is 0.306. The molecule has 0 radical (unpaired) electrons. The monoisotopic (exact) mass is 616 g/mol. The van der Waals surface area contributed by atoms with E-state index in [0.29, 0.717) is 51.1 Å². The lowest BCUT2D eigenvalue weighted by Crippen LogP contribution is -2.59. The quantitative estimate of drug-likeness (QED) is 0.145. The number of piperidine rings is 1. The number of aromatic amines is 2. The molecule has 3 aromatic carbocycles. The van der Waals surface area contributed by atoms with Gasteiger partial charge < -0.3 is 35.6 Å². The van der Waals surface area contributed by atoms with Crippen LogP contribution in [-0.2, 0) is 30.6 Å². The van der Waals surface area contributed by atoms with E-state index in [-0.39, 0.29) is 5.91 Å². The molecule has 3 aromatic heterocycles. The maximum Gasteiger partial charge on any atom is 0.240 e. The molecular weight excluding hydrogens is 576 g/mol. The summed E-state index contributed by atoms with van der Waals surface area (Å²) in [4.78, 5) is 20.8. The second-order valence-electron chi connectivity index (χ2n) is 12.3. The minimum atomic E-state index is -0.941. The van der Waals surface area contributed by atoms with Gasteiger partial charge in [-0.25, -0.2) is 0 Å². The number of benzene rings is 3. The first kappa shape index (κ1) is 29.8. The fourth-order valence-corrected chi connectivity index (χ4v) is 6.52. The number of H-pyrrole nitrogens is 2. The van der Waals surface area contributed by atoms with Gasteiger partial charge >= 0.3 is 0 Å². The average Bonchev–Trinajstić information content (AvgIpc) is 3.81. The van der Waals surface area contributed by atoms with Crippen molar-refractivity contribution < 1.29 is 9.53 Å². The number of nitrogens with one attached hydrogen (secondary N) is 4. The highest BCUT2D eigenvalue weighted by Crippen LogP contribution is 2.27. The highest BCUT2D eigenvalue weighted by atomic mass is 16.5. The van der Waals surface area contributed by atoms with E-state index >= 15 is 0 Å². The van der Waals surface area contributed by atoms with Crippen molar-refractivity contribution in [3.8, 4) is 5.75 Å². The predicted molar refractivity (Wildman–Crippen MR) is 180 cm³/mol. The topological polar surface area (TPSA) is 139 Å². The minimum Gasteiger partial charge on any atom is -0.497 e. The molecule has 7 rings (SSSR count). The Bertz CT molecular complexity index is 1910. The van der Waals surface area contributed by atoms with Crippen LogP contribution in [0.1, 0.15) is 47.4 Å². The first-order chi connectivity index (χ1) is 22.5. The maximum absolute atomic E-state index is 13.9. The van der Waals surface area contributed by atoms with Gasteiger partial charge in [0, 0.05) is 41.2 Å². The Morgan fingerprint density at radius 3 is 2.54 bits per heavy atom. The lowest BCUT2D eigenvalue weighted by atomic mass is 9.88. The van der Waals surface area contributed by atoms with Crippen LogP contribution < -0.4 is 21.1 Å². The third-order valence-corrected chi connectivity index (χ3v) is 9.22. The third-order valence-electron chi connectivity index (χ3n) is 9.22. The van der Waals surface area contributed by atoms with E-state index in [1.807, 2.05) is 36.5 Å². The number of rotatable bonds is 11. The predicted octanol–water partition coefficient (Wildman–Crippen LogP) is 4.56. The van der Waals surface area contributed by atoms with Crippen LogP contribution in [0.25, 0.3) is 21.8 Å². The summed E-state index contributed by atoms with van der Waals surface area (Å²) in [5, 5.41) is 18.5. The molecule has 0 spiro atoms. The van der Waals surface area contributed by atoms with Crippen LogP contribution in [0.15, 0.2) is 85.1 Å². The van der Waals surface area contributed by atoms with E-state index in [1.54, 1.807) is 7.11 Å². The molecule has 0 aliphatic carbocycles. The molecule has 1 atom stereocenters. The summed E-state index contributed by atoms with van der Waals surface area (Å²) in [6.07, 6.45) is 5.16. The number of ether oxygens (including phenoxy) is 1. The molecule has 10 nitrogen and oxygen atoms in total. The molecule has 1 fully saturated rings. The molecule has 1 saturated heterocycles. The Morgan fingerprint density at radius 1 is 1.00 bits per heavy atom. The first-order valence-electron chi connectivity index (χ1n) is 16.0. The number of aromatic nitrogens is 5. The number of carbonyl (C=O) groups is 1. The van der Waals surface area contributed by atoms with Gasteiger partial charge in [0.05, 0.1) is 25.2 Å². The summed E-state index contributed by atoms with van der Waals surface area (Å²) in [6.45, 7) is 1.97. The van der Waals surface area contributed by atoms with Crippen molar-refractivity contribution in [2.45, 2.75) is 50.2 Å². The number of nitrogens with two attached hydrogens (primary N) is 1. The molecule has 236 valence electrons. The number of carbonyl (C=O) groups excluding carboxylic acids is 1. The Balaban J connectivity index is 1.25. The summed E-state index contributed by atoms with van der Waals surface area (Å²) < 4.78 is 7.57. The number of hydrogen-bond donors (Lipinski definition) is 5. The number of aryl methyl sites for hydroxylation is 2. The van der Waals surface area contributed by atoms with Crippen molar-refractivity contribution in [3.05, 3.63) is 114 Å². The van der Waals surface area contributed by atoms with E-state index in [2.05, 4.69) is 73.7 Å². The van der Waals surface area contributed by atoms with Gasteiger partial charge in [0.2, 0.25) is 5.91 Å². The number of methoxy groups -OCH3 is 1. The van der Waals surface area contributed by atoms with E-state index in [4.69, 9.17) is 20.7 Å². The van der Waals surface area contributed by atoms with E-state index in [9.17, 15) is 4.79 Å². The molecule has 0 saturated carbocycles. The smallest absolute Gasteiger partial charge is 0.240 e. The van der Waals surface area contributed by atoms with Crippen LogP contribution >= 0.6 is 0 Å². The number of nitrogens with zero attached hydrogens (tertiary/aromatic N) is 3. The SMILES string of the molecule is COc1ccc(Cn2c(CCc3cc4ccccc4[nH]3)nnc2C(Cc2c[nH]c3ccccc23)NC(=O)C2(N)CCNCC2)cc1. The molecule has 1 aliphatic heterocycles. The highest BCUT2D eigenvalue weighted by molar-refractivity contribution is 5.87. The fourth-order valence-electron chi connectivity index (χ4n) is 6.52.